The van der Waals surface area contributed by atoms with E-state index in [4.69, 9.17) is 5.11 Å². The predicted octanol–water partition coefficient (Wildman–Crippen LogP) is 3.05. The summed E-state index contributed by atoms with van der Waals surface area (Å²) in [5.74, 6) is -1.04. The first kappa shape index (κ1) is 15.1. The van der Waals surface area contributed by atoms with E-state index in [2.05, 4.69) is 4.72 Å². The summed E-state index contributed by atoms with van der Waals surface area (Å²) in [6.07, 6.45) is 0.648. The Kier molecular flexibility index (Phi) is 3.70. The van der Waals surface area contributed by atoms with Gasteiger partial charge in [-0.2, -0.15) is 0 Å². The van der Waals surface area contributed by atoms with Crippen LogP contribution in [0.25, 0.3) is 0 Å². The van der Waals surface area contributed by atoms with E-state index in [0.29, 0.717) is 12.1 Å². The van der Waals surface area contributed by atoms with Crippen molar-refractivity contribution < 1.29 is 18.3 Å². The molecular formula is C15H15NO4S2. The number of aryl methyl sites for hydroxylation is 1. The van der Waals surface area contributed by atoms with Gasteiger partial charge in [-0.05, 0) is 49.1 Å². The van der Waals surface area contributed by atoms with Gasteiger partial charge in [0.15, 0.2) is 0 Å². The second kappa shape index (κ2) is 5.40. The molecule has 7 heteroatoms. The fourth-order valence-corrected chi connectivity index (χ4v) is 4.74. The van der Waals surface area contributed by atoms with Crippen molar-refractivity contribution in [2.24, 2.45) is 5.92 Å². The summed E-state index contributed by atoms with van der Waals surface area (Å²) >= 11 is 1.22. The molecule has 5 nitrogen and oxygen atoms in total. The highest BCUT2D eigenvalue weighted by molar-refractivity contribution is 7.94. The zero-order chi connectivity index (χ0) is 15.9. The monoisotopic (exact) mass is 337 g/mol. The molecule has 0 saturated heterocycles. The SMILES string of the molecule is Cc1ccc(S(=O)(=O)Nc2ccc([C@@H]3C[C@H]3C(=O)O)cc2)s1. The number of benzene rings is 1. The number of hydrogen-bond acceptors (Lipinski definition) is 4. The average Bonchev–Trinajstić information content (AvgIpc) is 3.14. The lowest BCUT2D eigenvalue weighted by Gasteiger charge is -2.07. The van der Waals surface area contributed by atoms with Gasteiger partial charge in [0.1, 0.15) is 4.21 Å². The van der Waals surface area contributed by atoms with Crippen molar-refractivity contribution in [3.63, 3.8) is 0 Å². The van der Waals surface area contributed by atoms with Crippen LogP contribution in [0.5, 0.6) is 0 Å². The summed E-state index contributed by atoms with van der Waals surface area (Å²) in [6.45, 7) is 1.85. The molecule has 1 saturated carbocycles. The fraction of sp³-hybridized carbons (Fsp3) is 0.267. The first-order valence-corrected chi connectivity index (χ1v) is 9.09. The Hall–Kier alpha value is -1.86. The first-order chi connectivity index (χ1) is 10.4. The minimum atomic E-state index is -3.56. The smallest absolute Gasteiger partial charge is 0.307 e. The molecule has 1 fully saturated rings. The number of carboxylic acid groups (broad SMARTS) is 1. The zero-order valence-corrected chi connectivity index (χ0v) is 13.4. The number of thiophene rings is 1. The van der Waals surface area contributed by atoms with Crippen LogP contribution >= 0.6 is 11.3 Å². The van der Waals surface area contributed by atoms with Gasteiger partial charge in [-0.25, -0.2) is 8.42 Å². The lowest BCUT2D eigenvalue weighted by Crippen LogP contribution is -2.11. The molecular weight excluding hydrogens is 322 g/mol. The highest BCUT2D eigenvalue weighted by Crippen LogP contribution is 2.47. The number of rotatable bonds is 5. The van der Waals surface area contributed by atoms with Crippen molar-refractivity contribution in [3.05, 3.63) is 46.8 Å². The van der Waals surface area contributed by atoms with E-state index in [1.165, 1.54) is 11.3 Å². The van der Waals surface area contributed by atoms with Gasteiger partial charge in [0, 0.05) is 10.6 Å². The molecule has 1 aliphatic carbocycles. The Morgan fingerprint density at radius 3 is 2.41 bits per heavy atom. The number of anilines is 1. The molecule has 0 bridgehead atoms. The summed E-state index contributed by atoms with van der Waals surface area (Å²) < 4.78 is 27.2. The summed E-state index contributed by atoms with van der Waals surface area (Å²) in [7, 11) is -3.56. The van der Waals surface area contributed by atoms with E-state index in [1.54, 1.807) is 36.4 Å². The molecule has 22 heavy (non-hydrogen) atoms. The van der Waals surface area contributed by atoms with Crippen LogP contribution in [0.15, 0.2) is 40.6 Å². The highest BCUT2D eigenvalue weighted by Gasteiger charge is 2.44. The van der Waals surface area contributed by atoms with Crippen molar-refractivity contribution in [2.75, 3.05) is 4.72 Å². The van der Waals surface area contributed by atoms with Gasteiger partial charge in [0.05, 0.1) is 5.92 Å². The summed E-state index contributed by atoms with van der Waals surface area (Å²) in [4.78, 5) is 11.8. The Morgan fingerprint density at radius 2 is 1.91 bits per heavy atom. The molecule has 116 valence electrons. The maximum atomic E-state index is 12.2. The van der Waals surface area contributed by atoms with Gasteiger partial charge in [-0.15, -0.1) is 11.3 Å². The average molecular weight is 337 g/mol. The van der Waals surface area contributed by atoms with E-state index in [0.717, 1.165) is 10.4 Å². The topological polar surface area (TPSA) is 83.5 Å². The van der Waals surface area contributed by atoms with E-state index >= 15 is 0 Å². The third kappa shape index (κ3) is 3.00. The van der Waals surface area contributed by atoms with Crippen molar-refractivity contribution in [1.82, 2.24) is 0 Å². The molecule has 1 aromatic carbocycles. The lowest BCUT2D eigenvalue weighted by molar-refractivity contribution is -0.138. The Balaban J connectivity index is 1.73. The van der Waals surface area contributed by atoms with Crippen LogP contribution in [-0.4, -0.2) is 19.5 Å². The molecule has 1 aromatic heterocycles. The number of hydrogen-bond donors (Lipinski definition) is 2. The normalized spacial score (nSPS) is 20.6. The number of carboxylic acids is 1. The van der Waals surface area contributed by atoms with Crippen molar-refractivity contribution >= 4 is 33.0 Å². The van der Waals surface area contributed by atoms with Gasteiger partial charge in [-0.1, -0.05) is 12.1 Å². The van der Waals surface area contributed by atoms with Gasteiger partial charge in [0.2, 0.25) is 0 Å². The van der Waals surface area contributed by atoms with Crippen LogP contribution in [0.4, 0.5) is 5.69 Å². The van der Waals surface area contributed by atoms with Crippen LogP contribution in [0.1, 0.15) is 22.8 Å². The maximum absolute atomic E-state index is 12.2. The molecule has 0 amide bonds. The van der Waals surface area contributed by atoms with Crippen LogP contribution in [0.2, 0.25) is 0 Å². The number of nitrogens with one attached hydrogen (secondary N) is 1. The second-order valence-electron chi connectivity index (χ2n) is 5.38. The van der Waals surface area contributed by atoms with Gasteiger partial charge in [0.25, 0.3) is 10.0 Å². The molecule has 0 spiro atoms. The number of sulfonamides is 1. The first-order valence-electron chi connectivity index (χ1n) is 6.79. The van der Waals surface area contributed by atoms with Gasteiger partial charge < -0.3 is 5.11 Å². The predicted molar refractivity (Wildman–Crippen MR) is 84.8 cm³/mol. The standard InChI is InChI=1S/C15H15NO4S2/c1-9-2-7-14(21-9)22(19,20)16-11-5-3-10(4-6-11)12-8-13(12)15(17)18/h2-7,12-13,16H,8H2,1H3,(H,17,18)/t12-,13+/m0/s1. The Morgan fingerprint density at radius 1 is 1.23 bits per heavy atom. The minimum Gasteiger partial charge on any atom is -0.481 e. The van der Waals surface area contributed by atoms with E-state index in [9.17, 15) is 13.2 Å². The molecule has 0 radical (unpaired) electrons. The second-order valence-corrected chi connectivity index (χ2v) is 8.58. The highest BCUT2D eigenvalue weighted by atomic mass is 32.2. The fourth-order valence-electron chi connectivity index (χ4n) is 2.40. The third-order valence-corrected chi connectivity index (χ3v) is 6.55. The molecule has 2 atom stereocenters. The third-order valence-electron chi connectivity index (χ3n) is 3.68. The zero-order valence-electron chi connectivity index (χ0n) is 11.8. The summed E-state index contributed by atoms with van der Waals surface area (Å²) in [5.41, 5.74) is 1.41. The lowest BCUT2D eigenvalue weighted by atomic mass is 10.1. The molecule has 0 unspecified atom stereocenters. The van der Waals surface area contributed by atoms with E-state index in [1.807, 2.05) is 6.92 Å². The van der Waals surface area contributed by atoms with Crippen LogP contribution in [-0.2, 0) is 14.8 Å². The molecule has 2 aromatic rings. The molecule has 0 aliphatic heterocycles. The van der Waals surface area contributed by atoms with Crippen LogP contribution < -0.4 is 4.72 Å². The minimum absolute atomic E-state index is 0.0445. The molecule has 1 aliphatic rings. The van der Waals surface area contributed by atoms with E-state index in [-0.39, 0.29) is 16.0 Å². The van der Waals surface area contributed by atoms with Crippen LogP contribution in [0, 0.1) is 12.8 Å². The van der Waals surface area contributed by atoms with E-state index < -0.39 is 16.0 Å². The van der Waals surface area contributed by atoms with Crippen molar-refractivity contribution in [1.29, 1.82) is 0 Å². The summed E-state index contributed by atoms with van der Waals surface area (Å²) in [5, 5.41) is 8.93. The van der Waals surface area contributed by atoms with Gasteiger partial charge in [-0.3, -0.25) is 9.52 Å². The van der Waals surface area contributed by atoms with Gasteiger partial charge >= 0.3 is 5.97 Å². The Labute approximate surface area is 132 Å². The number of aliphatic carboxylic acids is 1. The molecule has 1 heterocycles. The van der Waals surface area contributed by atoms with Crippen molar-refractivity contribution in [3.8, 4) is 0 Å². The Bertz CT molecular complexity index is 808. The van der Waals surface area contributed by atoms with Crippen molar-refractivity contribution in [2.45, 2.75) is 23.5 Å². The quantitative estimate of drug-likeness (QED) is 0.878. The summed E-state index contributed by atoms with van der Waals surface area (Å²) in [6, 6.07) is 10.3. The van der Waals surface area contributed by atoms with Crippen LogP contribution in [0.3, 0.4) is 0 Å². The largest absolute Gasteiger partial charge is 0.481 e. The number of carbonyl (C=O) groups is 1. The molecule has 3 rings (SSSR count). The molecule has 2 N–H and O–H groups in total. The maximum Gasteiger partial charge on any atom is 0.307 e.